The van der Waals surface area contributed by atoms with Gasteiger partial charge in [0.25, 0.3) is 0 Å². The summed E-state index contributed by atoms with van der Waals surface area (Å²) >= 11 is 0. The highest BCUT2D eigenvalue weighted by atomic mass is 32.2. The Morgan fingerprint density at radius 1 is 1.29 bits per heavy atom. The molecule has 114 valence electrons. The summed E-state index contributed by atoms with van der Waals surface area (Å²) in [7, 11) is -4.20. The maximum Gasteiger partial charge on any atom is 0.246 e. The summed E-state index contributed by atoms with van der Waals surface area (Å²) < 4.78 is 52.9. The molecule has 0 aliphatic heterocycles. The molecule has 0 aliphatic carbocycles. The van der Waals surface area contributed by atoms with Crippen LogP contribution in [-0.2, 0) is 16.4 Å². The van der Waals surface area contributed by atoms with Crippen LogP contribution in [0.5, 0.6) is 0 Å². The van der Waals surface area contributed by atoms with E-state index in [2.05, 4.69) is 14.9 Å². The van der Waals surface area contributed by atoms with Crippen molar-refractivity contribution in [2.24, 2.45) is 0 Å². The zero-order chi connectivity index (χ0) is 15.5. The molecule has 0 aliphatic rings. The number of aryl methyl sites for hydroxylation is 2. The number of sulfonamides is 1. The minimum atomic E-state index is -4.20. The predicted octanol–water partition coefficient (Wildman–Crippen LogP) is 1.91. The van der Waals surface area contributed by atoms with E-state index in [0.29, 0.717) is 12.8 Å². The van der Waals surface area contributed by atoms with Crippen LogP contribution in [0, 0.1) is 18.6 Å². The maximum atomic E-state index is 13.5. The Labute approximate surface area is 121 Å². The van der Waals surface area contributed by atoms with Gasteiger partial charge in [0.15, 0.2) is 4.90 Å². The third kappa shape index (κ3) is 3.64. The molecule has 0 atom stereocenters. The first-order valence-corrected chi connectivity index (χ1v) is 7.82. The Bertz CT molecular complexity index is 709. The number of aromatic amines is 1. The molecule has 1 aromatic heterocycles. The number of H-pyrrole nitrogens is 1. The third-order valence-corrected chi connectivity index (χ3v) is 4.55. The molecule has 0 fully saturated rings. The smallest absolute Gasteiger partial charge is 0.246 e. The number of aromatic nitrogens is 2. The lowest BCUT2D eigenvalue weighted by molar-refractivity contribution is 0.513. The topological polar surface area (TPSA) is 74.8 Å². The molecule has 0 unspecified atom stereocenters. The van der Waals surface area contributed by atoms with Crippen LogP contribution in [0.15, 0.2) is 29.3 Å². The van der Waals surface area contributed by atoms with Gasteiger partial charge in [0.2, 0.25) is 10.0 Å². The standard InChI is InChI=1S/C13H15F2N3O2S/c1-9-10(8-16-18-9)4-3-7-17-21(19,20)13-11(14)5-2-6-12(13)15/h2,5-6,8,17H,3-4,7H2,1H3,(H,16,18). The fourth-order valence-corrected chi connectivity index (χ4v) is 3.13. The van der Waals surface area contributed by atoms with E-state index in [1.54, 1.807) is 6.20 Å². The summed E-state index contributed by atoms with van der Waals surface area (Å²) in [6.07, 6.45) is 2.78. The molecule has 2 N–H and O–H groups in total. The van der Waals surface area contributed by atoms with Crippen LogP contribution in [0.2, 0.25) is 0 Å². The minimum absolute atomic E-state index is 0.0841. The molecule has 2 rings (SSSR count). The molecule has 0 radical (unpaired) electrons. The summed E-state index contributed by atoms with van der Waals surface area (Å²) in [5, 5.41) is 6.64. The van der Waals surface area contributed by atoms with Crippen LogP contribution >= 0.6 is 0 Å². The van der Waals surface area contributed by atoms with Crippen molar-refractivity contribution in [2.45, 2.75) is 24.7 Å². The van der Waals surface area contributed by atoms with E-state index in [4.69, 9.17) is 0 Å². The number of rotatable bonds is 6. The normalized spacial score (nSPS) is 11.8. The highest BCUT2D eigenvalue weighted by molar-refractivity contribution is 7.89. The van der Waals surface area contributed by atoms with Gasteiger partial charge in [0, 0.05) is 12.2 Å². The first-order chi connectivity index (χ1) is 9.92. The molecule has 0 amide bonds. The van der Waals surface area contributed by atoms with Gasteiger partial charge >= 0.3 is 0 Å². The van der Waals surface area contributed by atoms with Gasteiger partial charge < -0.3 is 0 Å². The summed E-state index contributed by atoms with van der Waals surface area (Å²) in [5.74, 6) is -2.21. The first kappa shape index (κ1) is 15.6. The molecule has 1 heterocycles. The van der Waals surface area contributed by atoms with Crippen molar-refractivity contribution in [3.63, 3.8) is 0 Å². The van der Waals surface area contributed by atoms with Crippen LogP contribution < -0.4 is 4.72 Å². The molecule has 2 aromatic rings. The molecule has 21 heavy (non-hydrogen) atoms. The van der Waals surface area contributed by atoms with E-state index in [1.807, 2.05) is 6.92 Å². The van der Waals surface area contributed by atoms with E-state index in [-0.39, 0.29) is 6.54 Å². The molecular weight excluding hydrogens is 300 g/mol. The average molecular weight is 315 g/mol. The number of hydrogen-bond acceptors (Lipinski definition) is 3. The van der Waals surface area contributed by atoms with E-state index in [1.165, 1.54) is 0 Å². The van der Waals surface area contributed by atoms with Crippen molar-refractivity contribution in [3.8, 4) is 0 Å². The Hall–Kier alpha value is -1.80. The average Bonchev–Trinajstić information content (AvgIpc) is 2.80. The number of hydrogen-bond donors (Lipinski definition) is 2. The molecule has 5 nitrogen and oxygen atoms in total. The Kier molecular flexibility index (Phi) is 4.69. The highest BCUT2D eigenvalue weighted by Crippen LogP contribution is 2.17. The highest BCUT2D eigenvalue weighted by Gasteiger charge is 2.23. The molecule has 8 heteroatoms. The Morgan fingerprint density at radius 3 is 2.52 bits per heavy atom. The second-order valence-electron chi connectivity index (χ2n) is 4.57. The molecule has 1 aromatic carbocycles. The summed E-state index contributed by atoms with van der Waals surface area (Å²) in [6.45, 7) is 1.95. The SMILES string of the molecule is Cc1[nH]ncc1CCCNS(=O)(=O)c1c(F)cccc1F. The number of halogens is 2. The quantitative estimate of drug-likeness (QED) is 0.800. The third-order valence-electron chi connectivity index (χ3n) is 3.04. The van der Waals surface area contributed by atoms with E-state index in [0.717, 1.165) is 29.5 Å². The second-order valence-corrected chi connectivity index (χ2v) is 6.28. The van der Waals surface area contributed by atoms with Crippen LogP contribution in [0.4, 0.5) is 8.78 Å². The van der Waals surface area contributed by atoms with Crippen LogP contribution in [0.25, 0.3) is 0 Å². The van der Waals surface area contributed by atoms with Crippen molar-refractivity contribution in [1.82, 2.24) is 14.9 Å². The first-order valence-electron chi connectivity index (χ1n) is 6.34. The zero-order valence-corrected chi connectivity index (χ0v) is 12.2. The van der Waals surface area contributed by atoms with Crippen LogP contribution in [0.1, 0.15) is 17.7 Å². The lowest BCUT2D eigenvalue weighted by Crippen LogP contribution is -2.27. The van der Waals surface area contributed by atoms with Crippen molar-refractivity contribution in [3.05, 3.63) is 47.3 Å². The molecule has 0 bridgehead atoms. The lowest BCUT2D eigenvalue weighted by atomic mass is 10.1. The van der Waals surface area contributed by atoms with E-state index < -0.39 is 26.6 Å². The van der Waals surface area contributed by atoms with Crippen LogP contribution in [0.3, 0.4) is 0 Å². The maximum absolute atomic E-state index is 13.5. The van der Waals surface area contributed by atoms with Gasteiger partial charge in [-0.05, 0) is 37.5 Å². The van der Waals surface area contributed by atoms with Crippen molar-refractivity contribution in [2.75, 3.05) is 6.54 Å². The molecule has 0 spiro atoms. The van der Waals surface area contributed by atoms with Crippen molar-refractivity contribution in [1.29, 1.82) is 0 Å². The van der Waals surface area contributed by atoms with Gasteiger partial charge in [-0.2, -0.15) is 5.10 Å². The van der Waals surface area contributed by atoms with Gasteiger partial charge in [0.05, 0.1) is 6.20 Å². The molecule has 0 saturated carbocycles. The zero-order valence-electron chi connectivity index (χ0n) is 11.4. The second kappa shape index (κ2) is 6.31. The predicted molar refractivity (Wildman–Crippen MR) is 73.2 cm³/mol. The fourth-order valence-electron chi connectivity index (χ4n) is 1.92. The molecule has 0 saturated heterocycles. The summed E-state index contributed by atoms with van der Waals surface area (Å²) in [5.41, 5.74) is 1.89. The largest absolute Gasteiger partial charge is 0.283 e. The van der Waals surface area contributed by atoms with Gasteiger partial charge in [-0.1, -0.05) is 6.07 Å². The van der Waals surface area contributed by atoms with Crippen molar-refractivity contribution < 1.29 is 17.2 Å². The summed E-state index contributed by atoms with van der Waals surface area (Å²) in [6, 6.07) is 2.93. The minimum Gasteiger partial charge on any atom is -0.283 e. The van der Waals surface area contributed by atoms with Gasteiger partial charge in [-0.15, -0.1) is 0 Å². The molecular formula is C13H15F2N3O2S. The number of benzene rings is 1. The fraction of sp³-hybridized carbons (Fsp3) is 0.308. The number of nitrogens with zero attached hydrogens (tertiary/aromatic N) is 1. The lowest BCUT2D eigenvalue weighted by Gasteiger charge is -2.08. The van der Waals surface area contributed by atoms with Crippen molar-refractivity contribution >= 4 is 10.0 Å². The van der Waals surface area contributed by atoms with Gasteiger partial charge in [-0.3, -0.25) is 5.10 Å². The number of nitrogens with one attached hydrogen (secondary N) is 2. The van der Waals surface area contributed by atoms with E-state index in [9.17, 15) is 17.2 Å². The van der Waals surface area contributed by atoms with Crippen LogP contribution in [-0.4, -0.2) is 25.2 Å². The monoisotopic (exact) mass is 315 g/mol. The van der Waals surface area contributed by atoms with Gasteiger partial charge in [0.1, 0.15) is 11.6 Å². The van der Waals surface area contributed by atoms with E-state index >= 15 is 0 Å². The summed E-state index contributed by atoms with van der Waals surface area (Å²) in [4.78, 5) is -0.940. The Morgan fingerprint density at radius 2 is 1.95 bits per heavy atom. The Balaban J connectivity index is 1.97. The van der Waals surface area contributed by atoms with Gasteiger partial charge in [-0.25, -0.2) is 21.9 Å².